The van der Waals surface area contributed by atoms with Crippen molar-refractivity contribution in [3.8, 4) is 5.75 Å². The number of nitrogens with one attached hydrogen (secondary N) is 1. The van der Waals surface area contributed by atoms with Gasteiger partial charge in [0.05, 0.1) is 17.1 Å². The van der Waals surface area contributed by atoms with Crippen molar-refractivity contribution >= 4 is 22.8 Å². The van der Waals surface area contributed by atoms with Crippen molar-refractivity contribution in [3.63, 3.8) is 0 Å². The lowest BCUT2D eigenvalue weighted by Crippen LogP contribution is -2.45. The van der Waals surface area contributed by atoms with Gasteiger partial charge in [-0.15, -0.1) is 0 Å². The number of benzene rings is 2. The fourth-order valence-corrected chi connectivity index (χ4v) is 3.09. The third-order valence-electron chi connectivity index (χ3n) is 4.52. The molecule has 7 nitrogen and oxygen atoms in total. The summed E-state index contributed by atoms with van der Waals surface area (Å²) in [6.07, 6.45) is -0.877. The Kier molecular flexibility index (Phi) is 4.21. The predicted molar refractivity (Wildman–Crippen MR) is 96.9 cm³/mol. The van der Waals surface area contributed by atoms with E-state index in [1.165, 1.54) is 18.2 Å². The van der Waals surface area contributed by atoms with Gasteiger partial charge in [0.2, 0.25) is 0 Å². The molecule has 0 spiro atoms. The third-order valence-corrected chi connectivity index (χ3v) is 4.52. The Hall–Kier alpha value is -3.45. The number of para-hydroxylation sites is 1. The first-order valence-electron chi connectivity index (χ1n) is 8.38. The van der Waals surface area contributed by atoms with Gasteiger partial charge < -0.3 is 20.3 Å². The van der Waals surface area contributed by atoms with Crippen molar-refractivity contribution in [2.24, 2.45) is 0 Å². The van der Waals surface area contributed by atoms with Crippen LogP contribution in [0.1, 0.15) is 32.5 Å². The number of carbonyl (C=O) groups is 2. The van der Waals surface area contributed by atoms with Gasteiger partial charge in [0, 0.05) is 10.9 Å². The maximum absolute atomic E-state index is 12.6. The second kappa shape index (κ2) is 6.69. The molecule has 2 atom stereocenters. The largest absolute Gasteiger partial charge is 0.491 e. The van der Waals surface area contributed by atoms with E-state index in [9.17, 15) is 14.7 Å². The minimum Gasteiger partial charge on any atom is -0.491 e. The number of hydrogen-bond donors (Lipinski definition) is 3. The molecule has 1 aliphatic rings. The number of carboxylic acid groups (broad SMARTS) is 1. The van der Waals surface area contributed by atoms with E-state index in [0.717, 1.165) is 0 Å². The van der Waals surface area contributed by atoms with Crippen LogP contribution in [-0.2, 0) is 0 Å². The quantitative estimate of drug-likeness (QED) is 0.657. The number of aliphatic hydroxyl groups excluding tert-OH is 1. The number of aromatic nitrogens is 1. The van der Waals surface area contributed by atoms with Gasteiger partial charge in [-0.2, -0.15) is 0 Å². The van der Waals surface area contributed by atoms with E-state index in [0.29, 0.717) is 22.2 Å². The van der Waals surface area contributed by atoms with Gasteiger partial charge in [0.1, 0.15) is 24.2 Å². The van der Waals surface area contributed by atoms with Crippen molar-refractivity contribution in [2.75, 3.05) is 6.61 Å². The Labute approximate surface area is 154 Å². The number of carbonyl (C=O) groups excluding carboxylic acids is 1. The molecule has 3 N–H and O–H groups in total. The van der Waals surface area contributed by atoms with Crippen molar-refractivity contribution in [3.05, 3.63) is 71.4 Å². The van der Waals surface area contributed by atoms with Crippen LogP contribution in [0.25, 0.3) is 10.9 Å². The van der Waals surface area contributed by atoms with Gasteiger partial charge in [0.15, 0.2) is 0 Å². The fraction of sp³-hybridized carbons (Fsp3) is 0.150. The molecular weight excluding hydrogens is 348 g/mol. The molecule has 3 aromatic rings. The molecule has 1 aliphatic heterocycles. The first-order valence-corrected chi connectivity index (χ1v) is 8.38. The first-order chi connectivity index (χ1) is 13.0. The van der Waals surface area contributed by atoms with Crippen LogP contribution in [-0.4, -0.2) is 39.7 Å². The molecule has 0 radical (unpaired) electrons. The fourth-order valence-electron chi connectivity index (χ4n) is 3.09. The van der Waals surface area contributed by atoms with Gasteiger partial charge in [-0.25, -0.2) is 9.78 Å². The summed E-state index contributed by atoms with van der Waals surface area (Å²) in [4.78, 5) is 27.9. The number of hydrogen-bond acceptors (Lipinski definition) is 5. The summed E-state index contributed by atoms with van der Waals surface area (Å²) in [5.74, 6) is -0.856. The SMILES string of the molecule is O=C(O)c1ccc2nc(C(=O)NC3COc4ccccc4C3O)ccc2c1. The summed E-state index contributed by atoms with van der Waals surface area (Å²) in [6.45, 7) is 0.152. The van der Waals surface area contributed by atoms with E-state index in [-0.39, 0.29) is 17.9 Å². The molecule has 0 aliphatic carbocycles. The van der Waals surface area contributed by atoms with Crippen LogP contribution >= 0.6 is 0 Å². The van der Waals surface area contributed by atoms with E-state index < -0.39 is 24.0 Å². The van der Waals surface area contributed by atoms with E-state index in [1.54, 1.807) is 30.3 Å². The number of fused-ring (bicyclic) bond motifs is 2. The maximum Gasteiger partial charge on any atom is 0.335 e. The minimum absolute atomic E-state index is 0.152. The van der Waals surface area contributed by atoms with Gasteiger partial charge in [-0.1, -0.05) is 24.3 Å². The Bertz CT molecular complexity index is 1050. The maximum atomic E-state index is 12.6. The van der Waals surface area contributed by atoms with Gasteiger partial charge >= 0.3 is 5.97 Å². The van der Waals surface area contributed by atoms with Crippen LogP contribution in [0.5, 0.6) is 5.75 Å². The number of nitrogens with zero attached hydrogens (tertiary/aromatic N) is 1. The standard InChI is InChI=1S/C20H16N2O5/c23-18-13-3-1-2-4-17(13)27-10-16(18)22-19(24)15-8-5-11-9-12(20(25)26)6-7-14(11)21-15/h1-9,16,18,23H,10H2,(H,22,24)(H,25,26). The molecule has 7 heteroatoms. The molecule has 27 heavy (non-hydrogen) atoms. The Morgan fingerprint density at radius 1 is 1.11 bits per heavy atom. The lowest BCUT2D eigenvalue weighted by molar-refractivity contribution is 0.0614. The lowest BCUT2D eigenvalue weighted by atomic mass is 9.99. The van der Waals surface area contributed by atoms with Gasteiger partial charge in [0.25, 0.3) is 5.91 Å². The highest BCUT2D eigenvalue weighted by Gasteiger charge is 2.30. The summed E-state index contributed by atoms with van der Waals surface area (Å²) in [6, 6.07) is 14.2. The molecule has 2 heterocycles. The molecule has 0 saturated heterocycles. The van der Waals surface area contributed by atoms with Crippen molar-refractivity contribution in [1.29, 1.82) is 0 Å². The minimum atomic E-state index is -1.02. The third kappa shape index (κ3) is 3.20. The van der Waals surface area contributed by atoms with E-state index >= 15 is 0 Å². The van der Waals surface area contributed by atoms with E-state index in [2.05, 4.69) is 10.3 Å². The van der Waals surface area contributed by atoms with Crippen LogP contribution in [0.3, 0.4) is 0 Å². The van der Waals surface area contributed by atoms with Crippen LogP contribution in [0, 0.1) is 0 Å². The molecule has 1 amide bonds. The average Bonchev–Trinajstić information content (AvgIpc) is 2.69. The molecule has 136 valence electrons. The Morgan fingerprint density at radius 3 is 2.74 bits per heavy atom. The lowest BCUT2D eigenvalue weighted by Gasteiger charge is -2.30. The highest BCUT2D eigenvalue weighted by Crippen LogP contribution is 2.31. The van der Waals surface area contributed by atoms with Crippen LogP contribution < -0.4 is 10.1 Å². The zero-order valence-corrected chi connectivity index (χ0v) is 14.1. The van der Waals surface area contributed by atoms with Crippen molar-refractivity contribution in [1.82, 2.24) is 10.3 Å². The second-order valence-corrected chi connectivity index (χ2v) is 6.28. The monoisotopic (exact) mass is 364 g/mol. The molecule has 0 fully saturated rings. The smallest absolute Gasteiger partial charge is 0.335 e. The summed E-state index contributed by atoms with van der Waals surface area (Å²) in [5.41, 5.74) is 1.47. The van der Waals surface area contributed by atoms with Crippen molar-refractivity contribution < 1.29 is 24.5 Å². The van der Waals surface area contributed by atoms with Crippen molar-refractivity contribution in [2.45, 2.75) is 12.1 Å². The molecule has 2 aromatic carbocycles. The zero-order chi connectivity index (χ0) is 19.0. The molecular formula is C20H16N2O5. The van der Waals surface area contributed by atoms with E-state index in [1.807, 2.05) is 6.07 Å². The number of carboxylic acids is 1. The molecule has 2 unspecified atom stereocenters. The number of ether oxygens (including phenoxy) is 1. The Morgan fingerprint density at radius 2 is 1.93 bits per heavy atom. The molecule has 1 aromatic heterocycles. The van der Waals surface area contributed by atoms with Crippen LogP contribution in [0.2, 0.25) is 0 Å². The highest BCUT2D eigenvalue weighted by molar-refractivity contribution is 5.97. The van der Waals surface area contributed by atoms with Crippen LogP contribution in [0.4, 0.5) is 0 Å². The van der Waals surface area contributed by atoms with Crippen LogP contribution in [0.15, 0.2) is 54.6 Å². The van der Waals surface area contributed by atoms with E-state index in [4.69, 9.17) is 9.84 Å². The molecule has 0 bridgehead atoms. The highest BCUT2D eigenvalue weighted by atomic mass is 16.5. The normalized spacial score (nSPS) is 18.4. The summed E-state index contributed by atoms with van der Waals surface area (Å²) < 4.78 is 5.60. The zero-order valence-electron chi connectivity index (χ0n) is 14.1. The summed E-state index contributed by atoms with van der Waals surface area (Å²) >= 11 is 0. The topological polar surface area (TPSA) is 109 Å². The van der Waals surface area contributed by atoms with Gasteiger partial charge in [-0.3, -0.25) is 4.79 Å². The second-order valence-electron chi connectivity index (χ2n) is 6.28. The molecule has 4 rings (SSSR count). The number of amides is 1. The Balaban J connectivity index is 1.55. The van der Waals surface area contributed by atoms with Gasteiger partial charge in [-0.05, 0) is 30.3 Å². The number of aliphatic hydroxyl groups is 1. The summed E-state index contributed by atoms with van der Waals surface area (Å²) in [7, 11) is 0. The average molecular weight is 364 g/mol. The number of pyridine rings is 1. The molecule has 0 saturated carbocycles. The number of aromatic carboxylic acids is 1. The predicted octanol–water partition coefficient (Wildman–Crippen LogP) is 2.16. The number of rotatable bonds is 3. The summed E-state index contributed by atoms with van der Waals surface area (Å²) in [5, 5.41) is 22.9. The first kappa shape index (κ1) is 17.0.